The Hall–Kier alpha value is -1.71. The van der Waals surface area contributed by atoms with Crippen LogP contribution >= 0.6 is 11.6 Å². The molecule has 0 radical (unpaired) electrons. The van der Waals surface area contributed by atoms with Gasteiger partial charge in [-0.1, -0.05) is 11.6 Å². The van der Waals surface area contributed by atoms with Crippen molar-refractivity contribution in [2.24, 2.45) is 5.92 Å². The van der Waals surface area contributed by atoms with Crippen LogP contribution in [0, 0.1) is 23.0 Å². The fourth-order valence-electron chi connectivity index (χ4n) is 2.52. The predicted octanol–water partition coefficient (Wildman–Crippen LogP) is 2.04. The number of aryl methyl sites for hydroxylation is 1. The molecule has 1 aliphatic rings. The van der Waals surface area contributed by atoms with Crippen LogP contribution < -0.4 is 0 Å². The molecule has 0 bridgehead atoms. The molecule has 0 aromatic heterocycles. The Labute approximate surface area is 137 Å². The summed E-state index contributed by atoms with van der Waals surface area (Å²) in [5, 5.41) is 19.5. The number of nitro groups is 1. The van der Waals surface area contributed by atoms with Gasteiger partial charge in [0.05, 0.1) is 10.8 Å². The van der Waals surface area contributed by atoms with Crippen molar-refractivity contribution < 1.29 is 23.2 Å². The van der Waals surface area contributed by atoms with Crippen molar-refractivity contribution in [3.8, 4) is 0 Å². The smallest absolute Gasteiger partial charge is 0.306 e. The summed E-state index contributed by atoms with van der Waals surface area (Å²) in [4.78, 5) is 20.9. The second kappa shape index (κ2) is 6.42. The number of aliphatic carboxylic acids is 1. The monoisotopic (exact) mass is 362 g/mol. The second-order valence-electron chi connectivity index (χ2n) is 5.37. The summed E-state index contributed by atoms with van der Waals surface area (Å²) in [6, 6.07) is 2.49. The molecule has 0 atom stereocenters. The number of hydrogen-bond donors (Lipinski definition) is 1. The van der Waals surface area contributed by atoms with Gasteiger partial charge < -0.3 is 5.11 Å². The molecular formula is C13H15ClN2O6S. The highest BCUT2D eigenvalue weighted by atomic mass is 35.5. The van der Waals surface area contributed by atoms with Crippen molar-refractivity contribution >= 4 is 33.3 Å². The molecule has 10 heteroatoms. The fourth-order valence-corrected chi connectivity index (χ4v) is 4.63. The average molecular weight is 363 g/mol. The molecule has 2 rings (SSSR count). The fraction of sp³-hybridized carbons (Fsp3) is 0.462. The van der Waals surface area contributed by atoms with Crippen LogP contribution in [-0.2, 0) is 14.8 Å². The largest absolute Gasteiger partial charge is 0.481 e. The third-order valence-corrected chi connectivity index (χ3v) is 6.21. The zero-order valence-electron chi connectivity index (χ0n) is 12.2. The number of carboxylic acids is 1. The minimum absolute atomic E-state index is 0.0391. The molecule has 126 valence electrons. The van der Waals surface area contributed by atoms with Crippen molar-refractivity contribution in [2.45, 2.75) is 24.7 Å². The van der Waals surface area contributed by atoms with E-state index < -0.39 is 37.5 Å². The first-order valence-electron chi connectivity index (χ1n) is 6.82. The van der Waals surface area contributed by atoms with E-state index in [1.165, 1.54) is 12.1 Å². The number of carbonyl (C=O) groups is 1. The van der Waals surface area contributed by atoms with E-state index in [0.717, 1.165) is 4.31 Å². The molecule has 1 heterocycles. The maximum absolute atomic E-state index is 12.7. The highest BCUT2D eigenvalue weighted by Gasteiger charge is 2.35. The van der Waals surface area contributed by atoms with Crippen LogP contribution in [0.4, 0.5) is 5.69 Å². The van der Waals surface area contributed by atoms with Crippen molar-refractivity contribution in [1.82, 2.24) is 4.31 Å². The number of rotatable bonds is 4. The zero-order valence-corrected chi connectivity index (χ0v) is 13.8. The van der Waals surface area contributed by atoms with Crippen LogP contribution in [0.5, 0.6) is 0 Å². The summed E-state index contributed by atoms with van der Waals surface area (Å²) in [5.74, 6) is -1.53. The number of piperidine rings is 1. The van der Waals surface area contributed by atoms with Crippen molar-refractivity contribution in [3.05, 3.63) is 32.8 Å². The van der Waals surface area contributed by atoms with Crippen molar-refractivity contribution in [3.63, 3.8) is 0 Å². The van der Waals surface area contributed by atoms with Gasteiger partial charge in [0.15, 0.2) is 0 Å². The van der Waals surface area contributed by atoms with Crippen LogP contribution in [0.25, 0.3) is 0 Å². The Bertz CT molecular complexity index is 756. The van der Waals surface area contributed by atoms with E-state index in [-0.39, 0.29) is 30.8 Å². The predicted molar refractivity (Wildman–Crippen MR) is 82.0 cm³/mol. The van der Waals surface area contributed by atoms with Gasteiger partial charge in [0.25, 0.3) is 5.69 Å². The Kier molecular flexibility index (Phi) is 4.92. The number of carboxylic acid groups (broad SMARTS) is 1. The number of halogens is 1. The van der Waals surface area contributed by atoms with Crippen LogP contribution in [0.3, 0.4) is 0 Å². The first kappa shape index (κ1) is 17.6. The molecule has 0 spiro atoms. The maximum atomic E-state index is 12.7. The maximum Gasteiger partial charge on any atom is 0.306 e. The number of benzene rings is 1. The van der Waals surface area contributed by atoms with E-state index in [1.807, 2.05) is 0 Å². The first-order chi connectivity index (χ1) is 10.6. The summed E-state index contributed by atoms with van der Waals surface area (Å²) in [6.07, 6.45) is 0.389. The Balaban J connectivity index is 2.38. The third kappa shape index (κ3) is 3.46. The topological polar surface area (TPSA) is 118 Å². The summed E-state index contributed by atoms with van der Waals surface area (Å²) in [5.41, 5.74) is -0.0641. The molecule has 0 saturated carbocycles. The van der Waals surface area contributed by atoms with Gasteiger partial charge in [-0.05, 0) is 31.4 Å². The van der Waals surface area contributed by atoms with Gasteiger partial charge in [-0.15, -0.1) is 0 Å². The Morgan fingerprint density at radius 3 is 2.43 bits per heavy atom. The number of hydrogen-bond acceptors (Lipinski definition) is 5. The number of nitrogens with zero attached hydrogens (tertiary/aromatic N) is 2. The van der Waals surface area contributed by atoms with Gasteiger partial charge in [0.2, 0.25) is 10.0 Å². The summed E-state index contributed by atoms with van der Waals surface area (Å²) in [7, 11) is -4.02. The minimum Gasteiger partial charge on any atom is -0.481 e. The van der Waals surface area contributed by atoms with Crippen LogP contribution in [0.15, 0.2) is 17.0 Å². The highest BCUT2D eigenvalue weighted by molar-refractivity contribution is 7.89. The molecule has 1 saturated heterocycles. The van der Waals surface area contributed by atoms with E-state index in [2.05, 4.69) is 0 Å². The Morgan fingerprint density at radius 1 is 1.39 bits per heavy atom. The van der Waals surface area contributed by atoms with Crippen LogP contribution in [0.1, 0.15) is 18.4 Å². The lowest BCUT2D eigenvalue weighted by atomic mass is 9.99. The molecule has 0 unspecified atom stereocenters. The summed E-state index contributed by atoms with van der Waals surface area (Å²) < 4.78 is 26.5. The standard InChI is InChI=1S/C13H15ClN2O6S/c1-8-6-10(16(19)20)12(14)11(7-8)23(21,22)15-4-2-9(3-5-15)13(17)18/h6-7,9H,2-5H2,1H3,(H,17,18). The lowest BCUT2D eigenvalue weighted by molar-refractivity contribution is -0.385. The van der Waals surface area contributed by atoms with E-state index >= 15 is 0 Å². The van der Waals surface area contributed by atoms with Gasteiger partial charge >= 0.3 is 5.97 Å². The molecule has 0 amide bonds. The summed E-state index contributed by atoms with van der Waals surface area (Å²) >= 11 is 5.92. The summed E-state index contributed by atoms with van der Waals surface area (Å²) in [6.45, 7) is 1.62. The number of sulfonamides is 1. The average Bonchev–Trinajstić information content (AvgIpc) is 2.48. The molecule has 0 aliphatic carbocycles. The lowest BCUT2D eigenvalue weighted by Gasteiger charge is -2.29. The third-order valence-electron chi connectivity index (χ3n) is 3.78. The first-order valence-corrected chi connectivity index (χ1v) is 8.64. The van der Waals surface area contributed by atoms with Crippen LogP contribution in [-0.4, -0.2) is 41.8 Å². The minimum atomic E-state index is -4.02. The molecule has 1 fully saturated rings. The van der Waals surface area contributed by atoms with Gasteiger partial charge in [-0.2, -0.15) is 4.31 Å². The highest BCUT2D eigenvalue weighted by Crippen LogP contribution is 2.35. The SMILES string of the molecule is Cc1cc([N+](=O)[O-])c(Cl)c(S(=O)(=O)N2CCC(C(=O)O)CC2)c1. The molecule has 1 aliphatic heterocycles. The normalized spacial score (nSPS) is 17.1. The van der Waals surface area contributed by atoms with Gasteiger partial charge in [0, 0.05) is 19.2 Å². The molecule has 1 aromatic rings. The molecule has 8 nitrogen and oxygen atoms in total. The van der Waals surface area contributed by atoms with Gasteiger partial charge in [-0.3, -0.25) is 14.9 Å². The molecule has 1 aromatic carbocycles. The molecule has 1 N–H and O–H groups in total. The van der Waals surface area contributed by atoms with E-state index in [0.29, 0.717) is 5.56 Å². The van der Waals surface area contributed by atoms with Gasteiger partial charge in [-0.25, -0.2) is 8.42 Å². The van der Waals surface area contributed by atoms with E-state index in [1.54, 1.807) is 6.92 Å². The quantitative estimate of drug-likeness (QED) is 0.646. The molecule has 23 heavy (non-hydrogen) atoms. The Morgan fingerprint density at radius 2 is 1.96 bits per heavy atom. The van der Waals surface area contributed by atoms with E-state index in [9.17, 15) is 23.3 Å². The second-order valence-corrected chi connectivity index (χ2v) is 7.65. The lowest BCUT2D eigenvalue weighted by Crippen LogP contribution is -2.40. The van der Waals surface area contributed by atoms with E-state index in [4.69, 9.17) is 16.7 Å². The van der Waals surface area contributed by atoms with Crippen LogP contribution in [0.2, 0.25) is 5.02 Å². The molecular weight excluding hydrogens is 348 g/mol. The van der Waals surface area contributed by atoms with Crippen molar-refractivity contribution in [2.75, 3.05) is 13.1 Å². The zero-order chi connectivity index (χ0) is 17.4. The van der Waals surface area contributed by atoms with Crippen molar-refractivity contribution in [1.29, 1.82) is 0 Å². The number of nitro benzene ring substituents is 1. The van der Waals surface area contributed by atoms with Gasteiger partial charge in [0.1, 0.15) is 9.92 Å².